The molecule has 1 saturated heterocycles. The Labute approximate surface area is 182 Å². The number of aromatic nitrogens is 3. The second kappa shape index (κ2) is 11.7. The first kappa shape index (κ1) is 24.6. The molecule has 1 aliphatic rings. The van der Waals surface area contributed by atoms with E-state index in [2.05, 4.69) is 14.8 Å². The molecule has 15 heteroatoms. The van der Waals surface area contributed by atoms with E-state index in [1.165, 1.54) is 0 Å². The van der Waals surface area contributed by atoms with Crippen molar-refractivity contribution < 1.29 is 52.3 Å². The molecule has 4 atom stereocenters. The van der Waals surface area contributed by atoms with Crippen molar-refractivity contribution >= 4 is 24.4 Å². The molecule has 0 unspecified atom stereocenters. The Morgan fingerprint density at radius 1 is 0.938 bits per heavy atom. The van der Waals surface area contributed by atoms with Gasteiger partial charge >= 0.3 is 18.5 Å². The number of hydrogen-bond donors (Lipinski definition) is 1. The number of hydrogen-bond acceptors (Lipinski definition) is 13. The SMILES string of the molecule is CCOC(=O)OC[C@@H]1O[C@H](n2cnc(C(N)=O)n2)[C@@H](OC(=O)OCC)[C@H]1OC(=O)OCC. The van der Waals surface area contributed by atoms with Gasteiger partial charge in [-0.15, -0.1) is 5.10 Å². The zero-order valence-electron chi connectivity index (χ0n) is 17.6. The average molecular weight is 460 g/mol. The van der Waals surface area contributed by atoms with Crippen LogP contribution in [-0.2, 0) is 33.2 Å². The van der Waals surface area contributed by atoms with Crippen LogP contribution in [0.5, 0.6) is 0 Å². The molecule has 1 amide bonds. The zero-order chi connectivity index (χ0) is 23.7. The summed E-state index contributed by atoms with van der Waals surface area (Å²) < 4.78 is 36.5. The summed E-state index contributed by atoms with van der Waals surface area (Å²) >= 11 is 0. The summed E-state index contributed by atoms with van der Waals surface area (Å²) in [5.74, 6) is -1.25. The lowest BCUT2D eigenvalue weighted by atomic mass is 10.1. The van der Waals surface area contributed by atoms with Gasteiger partial charge in [0.25, 0.3) is 5.91 Å². The van der Waals surface area contributed by atoms with Gasteiger partial charge in [0.1, 0.15) is 19.0 Å². The highest BCUT2D eigenvalue weighted by atomic mass is 16.8. The van der Waals surface area contributed by atoms with Gasteiger partial charge in [-0.3, -0.25) is 4.79 Å². The van der Waals surface area contributed by atoms with Crippen molar-refractivity contribution in [2.45, 2.75) is 45.3 Å². The van der Waals surface area contributed by atoms with Crippen molar-refractivity contribution in [1.82, 2.24) is 14.8 Å². The Balaban J connectivity index is 2.33. The van der Waals surface area contributed by atoms with E-state index in [1.807, 2.05) is 0 Å². The molecule has 1 aliphatic heterocycles. The quantitative estimate of drug-likeness (QED) is 0.397. The molecule has 178 valence electrons. The molecule has 1 aromatic rings. The van der Waals surface area contributed by atoms with Crippen LogP contribution >= 0.6 is 0 Å². The van der Waals surface area contributed by atoms with Crippen molar-refractivity contribution in [3.63, 3.8) is 0 Å². The third kappa shape index (κ3) is 6.44. The lowest BCUT2D eigenvalue weighted by Gasteiger charge is -2.23. The lowest BCUT2D eigenvalue weighted by molar-refractivity contribution is -0.0739. The Morgan fingerprint density at radius 2 is 1.50 bits per heavy atom. The third-order valence-corrected chi connectivity index (χ3v) is 3.89. The van der Waals surface area contributed by atoms with Crippen LogP contribution in [0.15, 0.2) is 6.33 Å². The first-order valence-electron chi connectivity index (χ1n) is 9.63. The maximum absolute atomic E-state index is 12.0. The van der Waals surface area contributed by atoms with Crippen LogP contribution in [0.1, 0.15) is 37.6 Å². The summed E-state index contributed by atoms with van der Waals surface area (Å²) in [6, 6.07) is 0. The molecule has 2 rings (SSSR count). The van der Waals surface area contributed by atoms with E-state index >= 15 is 0 Å². The molecular formula is C17H24N4O11. The molecule has 15 nitrogen and oxygen atoms in total. The number of amides is 1. The zero-order valence-corrected chi connectivity index (χ0v) is 17.6. The van der Waals surface area contributed by atoms with Crippen LogP contribution in [0, 0.1) is 0 Å². The number of nitrogens with zero attached hydrogens (tertiary/aromatic N) is 3. The fourth-order valence-electron chi connectivity index (χ4n) is 2.67. The third-order valence-electron chi connectivity index (χ3n) is 3.89. The number of carbonyl (C=O) groups is 4. The number of primary amides is 1. The summed E-state index contributed by atoms with van der Waals surface area (Å²) in [7, 11) is 0. The van der Waals surface area contributed by atoms with Crippen molar-refractivity contribution in [1.29, 1.82) is 0 Å². The smallest absolute Gasteiger partial charge is 0.435 e. The normalized spacial score (nSPS) is 22.0. The number of rotatable bonds is 9. The van der Waals surface area contributed by atoms with Gasteiger partial charge in [-0.05, 0) is 20.8 Å². The van der Waals surface area contributed by atoms with Gasteiger partial charge in [0.05, 0.1) is 19.8 Å². The Kier molecular flexibility index (Phi) is 9.00. The lowest BCUT2D eigenvalue weighted by Crippen LogP contribution is -2.41. The predicted octanol–water partition coefficient (Wildman–Crippen LogP) is 0.531. The van der Waals surface area contributed by atoms with Crippen LogP contribution in [0.25, 0.3) is 0 Å². The first-order chi connectivity index (χ1) is 15.3. The van der Waals surface area contributed by atoms with Gasteiger partial charge in [0.2, 0.25) is 5.82 Å². The second-order valence-corrected chi connectivity index (χ2v) is 6.00. The summed E-state index contributed by atoms with van der Waals surface area (Å²) in [6.07, 6.45) is -7.14. The largest absolute Gasteiger partial charge is 0.508 e. The fourth-order valence-corrected chi connectivity index (χ4v) is 2.67. The minimum absolute atomic E-state index is 0.00498. The molecule has 1 aromatic heterocycles. The number of ether oxygens (including phenoxy) is 7. The highest BCUT2D eigenvalue weighted by Crippen LogP contribution is 2.34. The maximum atomic E-state index is 12.0. The van der Waals surface area contributed by atoms with E-state index < -0.39 is 55.5 Å². The first-order valence-corrected chi connectivity index (χ1v) is 9.63. The minimum atomic E-state index is -1.35. The highest BCUT2D eigenvalue weighted by Gasteiger charge is 2.52. The molecule has 0 saturated carbocycles. The Hall–Kier alpha value is -3.62. The monoisotopic (exact) mass is 460 g/mol. The van der Waals surface area contributed by atoms with Gasteiger partial charge in [-0.2, -0.15) is 0 Å². The van der Waals surface area contributed by atoms with Crippen LogP contribution in [-0.4, -0.2) is 83.9 Å². The number of nitrogens with two attached hydrogens (primary N) is 1. The summed E-state index contributed by atoms with van der Waals surface area (Å²) in [5, 5.41) is 3.87. The van der Waals surface area contributed by atoms with Gasteiger partial charge in [0.15, 0.2) is 18.4 Å². The van der Waals surface area contributed by atoms with Crippen LogP contribution < -0.4 is 5.73 Å². The summed E-state index contributed by atoms with van der Waals surface area (Å²) in [4.78, 5) is 50.7. The Morgan fingerprint density at radius 3 is 2.03 bits per heavy atom. The maximum Gasteiger partial charge on any atom is 0.508 e. The van der Waals surface area contributed by atoms with Gasteiger partial charge in [0, 0.05) is 0 Å². The molecule has 32 heavy (non-hydrogen) atoms. The van der Waals surface area contributed by atoms with E-state index in [9.17, 15) is 19.2 Å². The van der Waals surface area contributed by atoms with Crippen molar-refractivity contribution in [3.05, 3.63) is 12.2 Å². The molecule has 0 bridgehead atoms. The van der Waals surface area contributed by atoms with Crippen LogP contribution in [0.4, 0.5) is 14.4 Å². The molecule has 2 heterocycles. The van der Waals surface area contributed by atoms with E-state index in [0.29, 0.717) is 0 Å². The van der Waals surface area contributed by atoms with E-state index in [-0.39, 0.29) is 25.6 Å². The van der Waals surface area contributed by atoms with Crippen LogP contribution in [0.3, 0.4) is 0 Å². The predicted molar refractivity (Wildman–Crippen MR) is 99.2 cm³/mol. The van der Waals surface area contributed by atoms with Gasteiger partial charge in [-0.1, -0.05) is 0 Å². The summed E-state index contributed by atoms with van der Waals surface area (Å²) in [6.45, 7) is 4.34. The van der Waals surface area contributed by atoms with E-state index in [4.69, 9.17) is 34.2 Å². The Bertz CT molecular complexity index is 814. The van der Waals surface area contributed by atoms with Crippen LogP contribution in [0.2, 0.25) is 0 Å². The van der Waals surface area contributed by atoms with Crippen molar-refractivity contribution in [2.24, 2.45) is 5.73 Å². The average Bonchev–Trinajstić information content (AvgIpc) is 3.33. The minimum Gasteiger partial charge on any atom is -0.435 e. The highest BCUT2D eigenvalue weighted by molar-refractivity contribution is 5.88. The standard InChI is InChI=1S/C17H24N4O11/c1-4-26-15(23)29-7-9-10(31-16(24)27-5-2)11(32-17(25)28-6-3)14(30-9)21-8-19-13(20-21)12(18)22/h8-11,14H,4-7H2,1-3H3,(H2,18,22)/t9-,10-,11-,14-/m0/s1. The molecular weight excluding hydrogens is 436 g/mol. The summed E-state index contributed by atoms with van der Waals surface area (Å²) in [5.41, 5.74) is 5.16. The molecule has 0 aromatic carbocycles. The molecule has 0 aliphatic carbocycles. The van der Waals surface area contributed by atoms with Gasteiger partial charge in [-0.25, -0.2) is 24.0 Å². The van der Waals surface area contributed by atoms with Crippen molar-refractivity contribution in [3.8, 4) is 0 Å². The molecule has 2 N–H and O–H groups in total. The van der Waals surface area contributed by atoms with Gasteiger partial charge < -0.3 is 38.9 Å². The van der Waals surface area contributed by atoms with E-state index in [1.54, 1.807) is 20.8 Å². The molecule has 1 fully saturated rings. The molecule has 0 radical (unpaired) electrons. The fraction of sp³-hybridized carbons (Fsp3) is 0.647. The number of carbonyl (C=O) groups excluding carboxylic acids is 4. The topological polar surface area (TPSA) is 190 Å². The van der Waals surface area contributed by atoms with Crippen molar-refractivity contribution in [2.75, 3.05) is 26.4 Å². The van der Waals surface area contributed by atoms with E-state index in [0.717, 1.165) is 11.0 Å². The second-order valence-electron chi connectivity index (χ2n) is 6.00. The molecule has 0 spiro atoms.